The van der Waals surface area contributed by atoms with Crippen molar-refractivity contribution in [3.63, 3.8) is 0 Å². The molecule has 0 saturated heterocycles. The van der Waals surface area contributed by atoms with Gasteiger partial charge in [-0.05, 0) is 48.0 Å². The van der Waals surface area contributed by atoms with E-state index < -0.39 is 0 Å². The quantitative estimate of drug-likeness (QED) is 0.605. The minimum atomic E-state index is 1.13. The SMILES string of the molecule is C1=C\CC/C(c2ccccc2)=C(/c2ccccc2)CC/1. The van der Waals surface area contributed by atoms with Crippen LogP contribution in [0.1, 0.15) is 36.8 Å². The van der Waals surface area contributed by atoms with Gasteiger partial charge in [-0.2, -0.15) is 0 Å². The Balaban J connectivity index is 2.10. The van der Waals surface area contributed by atoms with E-state index >= 15 is 0 Å². The largest absolute Gasteiger partial charge is 0.0882 e. The highest BCUT2D eigenvalue weighted by atomic mass is 14.2. The van der Waals surface area contributed by atoms with Gasteiger partial charge in [-0.1, -0.05) is 72.8 Å². The van der Waals surface area contributed by atoms with E-state index in [4.69, 9.17) is 0 Å². The molecular formula is C20H20. The van der Waals surface area contributed by atoms with Crippen LogP contribution in [0.2, 0.25) is 0 Å². The van der Waals surface area contributed by atoms with Gasteiger partial charge >= 0.3 is 0 Å². The lowest BCUT2D eigenvalue weighted by Gasteiger charge is -2.17. The third kappa shape index (κ3) is 2.91. The number of benzene rings is 2. The normalized spacial score (nSPS) is 21.0. The molecule has 0 N–H and O–H groups in total. The van der Waals surface area contributed by atoms with Crippen molar-refractivity contribution >= 4 is 11.1 Å². The van der Waals surface area contributed by atoms with Gasteiger partial charge in [0.1, 0.15) is 0 Å². The molecule has 0 heteroatoms. The highest BCUT2D eigenvalue weighted by Crippen LogP contribution is 2.34. The van der Waals surface area contributed by atoms with Crippen LogP contribution in [0.4, 0.5) is 0 Å². The molecule has 20 heavy (non-hydrogen) atoms. The maximum absolute atomic E-state index is 2.32. The van der Waals surface area contributed by atoms with Crippen LogP contribution in [0.5, 0.6) is 0 Å². The van der Waals surface area contributed by atoms with E-state index in [1.165, 1.54) is 22.3 Å². The summed E-state index contributed by atoms with van der Waals surface area (Å²) < 4.78 is 0. The molecule has 3 rings (SSSR count). The van der Waals surface area contributed by atoms with Gasteiger partial charge in [0.05, 0.1) is 0 Å². The van der Waals surface area contributed by atoms with Crippen molar-refractivity contribution in [2.45, 2.75) is 25.7 Å². The first-order chi connectivity index (χ1) is 9.95. The van der Waals surface area contributed by atoms with Crippen molar-refractivity contribution in [1.29, 1.82) is 0 Å². The van der Waals surface area contributed by atoms with Gasteiger partial charge in [-0.3, -0.25) is 0 Å². The van der Waals surface area contributed by atoms with Crippen LogP contribution >= 0.6 is 0 Å². The van der Waals surface area contributed by atoms with Gasteiger partial charge in [-0.15, -0.1) is 0 Å². The van der Waals surface area contributed by atoms with Crippen LogP contribution in [0.25, 0.3) is 11.1 Å². The predicted molar refractivity (Wildman–Crippen MR) is 87.3 cm³/mol. The molecule has 0 unspecified atom stereocenters. The smallest absolute Gasteiger partial charge is 0.0221 e. The first-order valence-electron chi connectivity index (χ1n) is 7.43. The molecule has 2 aromatic carbocycles. The van der Waals surface area contributed by atoms with E-state index in [1.807, 2.05) is 0 Å². The van der Waals surface area contributed by atoms with E-state index in [-0.39, 0.29) is 0 Å². The predicted octanol–water partition coefficient (Wildman–Crippen LogP) is 5.73. The first kappa shape index (κ1) is 12.9. The lowest BCUT2D eigenvalue weighted by molar-refractivity contribution is 0.987. The summed E-state index contributed by atoms with van der Waals surface area (Å²) in [7, 11) is 0. The monoisotopic (exact) mass is 260 g/mol. The topological polar surface area (TPSA) is 0 Å². The van der Waals surface area contributed by atoms with Gasteiger partial charge in [0.15, 0.2) is 0 Å². The standard InChI is InChI=1S/C20H20/c1-2-10-16-20(18-13-7-4-8-14-18)19(15-9-1)17-11-5-3-6-12-17/h1-8,11-14H,9-10,15-16H2/b2-1-,20-19-. The number of allylic oxidation sites excluding steroid dienone is 4. The highest BCUT2D eigenvalue weighted by molar-refractivity contribution is 5.91. The molecular weight excluding hydrogens is 240 g/mol. The first-order valence-corrected chi connectivity index (χ1v) is 7.43. The average Bonchev–Trinajstić information content (AvgIpc) is 2.49. The molecule has 0 aromatic heterocycles. The van der Waals surface area contributed by atoms with Crippen LogP contribution < -0.4 is 0 Å². The Bertz CT molecular complexity index is 548. The molecule has 0 saturated carbocycles. The molecule has 0 aliphatic heterocycles. The summed E-state index contributed by atoms with van der Waals surface area (Å²) in [5.74, 6) is 0. The van der Waals surface area contributed by atoms with Gasteiger partial charge in [0.2, 0.25) is 0 Å². The zero-order valence-electron chi connectivity index (χ0n) is 11.8. The Morgan fingerprint density at radius 1 is 0.500 bits per heavy atom. The maximum atomic E-state index is 2.32. The van der Waals surface area contributed by atoms with Crippen molar-refractivity contribution < 1.29 is 0 Å². The lowest BCUT2D eigenvalue weighted by Crippen LogP contribution is -1.95. The molecule has 0 amide bonds. The van der Waals surface area contributed by atoms with Crippen molar-refractivity contribution in [3.8, 4) is 0 Å². The highest BCUT2D eigenvalue weighted by Gasteiger charge is 2.11. The van der Waals surface area contributed by atoms with E-state index in [9.17, 15) is 0 Å². The molecule has 0 fully saturated rings. The van der Waals surface area contributed by atoms with E-state index in [1.54, 1.807) is 0 Å². The minimum Gasteiger partial charge on any atom is -0.0882 e. The molecule has 0 atom stereocenters. The average molecular weight is 260 g/mol. The maximum Gasteiger partial charge on any atom is -0.0221 e. The number of hydrogen-bond acceptors (Lipinski definition) is 0. The fraction of sp³-hybridized carbons (Fsp3) is 0.200. The number of hydrogen-bond donors (Lipinski definition) is 0. The minimum absolute atomic E-state index is 1.13. The van der Waals surface area contributed by atoms with Crippen LogP contribution in [0.3, 0.4) is 0 Å². The fourth-order valence-electron chi connectivity index (χ4n) is 2.91. The summed E-state index contributed by atoms with van der Waals surface area (Å²) in [6, 6.07) is 21.7. The number of rotatable bonds is 2. The third-order valence-electron chi connectivity index (χ3n) is 3.90. The molecule has 2 aromatic rings. The van der Waals surface area contributed by atoms with Gasteiger partial charge < -0.3 is 0 Å². The van der Waals surface area contributed by atoms with E-state index in [0.29, 0.717) is 0 Å². The molecule has 0 heterocycles. The molecule has 0 nitrogen and oxygen atoms in total. The summed E-state index contributed by atoms with van der Waals surface area (Å²) in [6.07, 6.45) is 9.19. The molecule has 0 radical (unpaired) electrons. The van der Waals surface area contributed by atoms with E-state index in [0.717, 1.165) is 25.7 Å². The van der Waals surface area contributed by atoms with Crippen molar-refractivity contribution in [1.82, 2.24) is 0 Å². The lowest BCUT2D eigenvalue weighted by atomic mass is 9.87. The summed E-state index contributed by atoms with van der Waals surface area (Å²) in [5.41, 5.74) is 5.78. The second-order valence-corrected chi connectivity index (χ2v) is 5.24. The summed E-state index contributed by atoms with van der Waals surface area (Å²) in [6.45, 7) is 0. The molecule has 0 bridgehead atoms. The van der Waals surface area contributed by atoms with Gasteiger partial charge in [0, 0.05) is 0 Å². The Labute approximate surface area is 121 Å². The Hall–Kier alpha value is -2.08. The van der Waals surface area contributed by atoms with Gasteiger partial charge in [0.25, 0.3) is 0 Å². The molecule has 1 aliphatic rings. The Morgan fingerprint density at radius 2 is 0.900 bits per heavy atom. The second-order valence-electron chi connectivity index (χ2n) is 5.24. The Kier molecular flexibility index (Phi) is 4.13. The van der Waals surface area contributed by atoms with Crippen molar-refractivity contribution in [3.05, 3.63) is 83.9 Å². The second kappa shape index (κ2) is 6.38. The molecule has 1 aliphatic carbocycles. The van der Waals surface area contributed by atoms with Crippen molar-refractivity contribution in [2.75, 3.05) is 0 Å². The summed E-state index contributed by atoms with van der Waals surface area (Å²) in [4.78, 5) is 0. The summed E-state index contributed by atoms with van der Waals surface area (Å²) >= 11 is 0. The van der Waals surface area contributed by atoms with Crippen LogP contribution in [0, 0.1) is 0 Å². The third-order valence-corrected chi connectivity index (χ3v) is 3.90. The zero-order valence-corrected chi connectivity index (χ0v) is 11.8. The van der Waals surface area contributed by atoms with Crippen LogP contribution in [-0.2, 0) is 0 Å². The van der Waals surface area contributed by atoms with Crippen LogP contribution in [0.15, 0.2) is 72.8 Å². The molecule has 100 valence electrons. The van der Waals surface area contributed by atoms with E-state index in [2.05, 4.69) is 72.8 Å². The van der Waals surface area contributed by atoms with Crippen molar-refractivity contribution in [2.24, 2.45) is 0 Å². The zero-order chi connectivity index (χ0) is 13.6. The Morgan fingerprint density at radius 3 is 1.30 bits per heavy atom. The van der Waals surface area contributed by atoms with Gasteiger partial charge in [-0.25, -0.2) is 0 Å². The van der Waals surface area contributed by atoms with Crippen LogP contribution in [-0.4, -0.2) is 0 Å². The fourth-order valence-corrected chi connectivity index (χ4v) is 2.91. The summed E-state index contributed by atoms with van der Waals surface area (Å²) in [5, 5.41) is 0. The molecule has 0 spiro atoms.